The van der Waals surface area contributed by atoms with Crippen LogP contribution >= 0.6 is 22.9 Å². The van der Waals surface area contributed by atoms with E-state index in [2.05, 4.69) is 39.2 Å². The zero-order valence-corrected chi connectivity index (χ0v) is 18.0. The van der Waals surface area contributed by atoms with E-state index in [9.17, 15) is 4.79 Å². The van der Waals surface area contributed by atoms with E-state index in [-0.39, 0.29) is 11.9 Å². The van der Waals surface area contributed by atoms with Gasteiger partial charge in [0, 0.05) is 31.2 Å². The molecule has 1 amide bonds. The lowest BCUT2D eigenvalue weighted by Crippen LogP contribution is -2.46. The molecule has 0 saturated carbocycles. The number of H-pyrrole nitrogens is 1. The highest BCUT2D eigenvalue weighted by Crippen LogP contribution is 2.32. The van der Waals surface area contributed by atoms with Crippen molar-refractivity contribution in [3.8, 4) is 10.6 Å². The first kappa shape index (κ1) is 20.1. The van der Waals surface area contributed by atoms with Gasteiger partial charge in [-0.25, -0.2) is 4.98 Å². The Hall–Kier alpha value is -2.16. The lowest BCUT2D eigenvalue weighted by atomic mass is 10.0. The second-order valence-electron chi connectivity index (χ2n) is 7.56. The standard InChI is InChI=1S/C20H24ClN5O2S/c1-12(2)26-8-5-13(6-9-26)22-20(27)19-18(15-3-4-16(21)29-15)23-17(24-19)11-14-7-10-28-25-14/h3-4,7,10,12-13H,5-6,8-9,11H2,1-2H3,(H,22,27)(H,23,24). The van der Waals surface area contributed by atoms with Crippen molar-refractivity contribution in [3.63, 3.8) is 0 Å². The van der Waals surface area contributed by atoms with Crippen LogP contribution in [0, 0.1) is 0 Å². The lowest BCUT2D eigenvalue weighted by Gasteiger charge is -2.34. The Morgan fingerprint density at radius 1 is 1.38 bits per heavy atom. The Bertz CT molecular complexity index is 958. The molecule has 3 aromatic rings. The van der Waals surface area contributed by atoms with Crippen LogP contribution in [0.2, 0.25) is 4.34 Å². The highest BCUT2D eigenvalue weighted by Gasteiger charge is 2.26. The first-order valence-electron chi connectivity index (χ1n) is 9.78. The van der Waals surface area contributed by atoms with E-state index in [1.165, 1.54) is 17.6 Å². The summed E-state index contributed by atoms with van der Waals surface area (Å²) in [4.78, 5) is 24.3. The van der Waals surface area contributed by atoms with E-state index in [1.807, 2.05) is 12.1 Å². The Labute approximate surface area is 178 Å². The lowest BCUT2D eigenvalue weighted by molar-refractivity contribution is 0.0897. The third-order valence-corrected chi connectivity index (χ3v) is 6.47. The predicted molar refractivity (Wildman–Crippen MR) is 113 cm³/mol. The van der Waals surface area contributed by atoms with E-state index < -0.39 is 0 Å². The maximum atomic E-state index is 13.1. The average Bonchev–Trinajstić information content (AvgIpc) is 3.43. The van der Waals surface area contributed by atoms with Gasteiger partial charge in [-0.05, 0) is 38.8 Å². The number of thiophene rings is 1. The smallest absolute Gasteiger partial charge is 0.272 e. The second-order valence-corrected chi connectivity index (χ2v) is 9.27. The van der Waals surface area contributed by atoms with E-state index in [0.29, 0.717) is 34.0 Å². The predicted octanol–water partition coefficient (Wildman–Crippen LogP) is 3.97. The van der Waals surface area contributed by atoms with Crippen molar-refractivity contribution in [2.75, 3.05) is 13.1 Å². The third-order valence-electron chi connectivity index (χ3n) is 5.22. The fourth-order valence-electron chi connectivity index (χ4n) is 3.61. The summed E-state index contributed by atoms with van der Waals surface area (Å²) < 4.78 is 5.56. The molecular formula is C20H24ClN5O2S. The molecule has 1 aliphatic rings. The first-order chi connectivity index (χ1) is 14.0. The summed E-state index contributed by atoms with van der Waals surface area (Å²) in [5.74, 6) is 0.508. The van der Waals surface area contributed by atoms with Gasteiger partial charge in [0.15, 0.2) is 5.69 Å². The molecule has 154 valence electrons. The molecule has 9 heteroatoms. The molecular weight excluding hydrogens is 410 g/mol. The highest BCUT2D eigenvalue weighted by atomic mass is 35.5. The Morgan fingerprint density at radius 2 is 2.17 bits per heavy atom. The number of rotatable bonds is 6. The van der Waals surface area contributed by atoms with Gasteiger partial charge >= 0.3 is 0 Å². The maximum Gasteiger partial charge on any atom is 0.272 e. The number of nitrogens with one attached hydrogen (secondary N) is 2. The van der Waals surface area contributed by atoms with Crippen LogP contribution in [-0.2, 0) is 6.42 Å². The van der Waals surface area contributed by atoms with Gasteiger partial charge in [0.2, 0.25) is 0 Å². The molecule has 0 aliphatic carbocycles. The number of amides is 1. The van der Waals surface area contributed by atoms with Crippen molar-refractivity contribution in [2.45, 2.75) is 45.2 Å². The van der Waals surface area contributed by atoms with Crippen LogP contribution in [0.4, 0.5) is 0 Å². The Kier molecular flexibility index (Phi) is 6.03. The second kappa shape index (κ2) is 8.69. The third kappa shape index (κ3) is 4.71. The number of carbonyl (C=O) groups is 1. The van der Waals surface area contributed by atoms with Crippen molar-refractivity contribution in [3.05, 3.63) is 46.0 Å². The summed E-state index contributed by atoms with van der Waals surface area (Å²) in [5, 5.41) is 7.10. The molecule has 0 spiro atoms. The minimum atomic E-state index is -0.157. The van der Waals surface area contributed by atoms with Crippen molar-refractivity contribution < 1.29 is 9.32 Å². The molecule has 7 nitrogen and oxygen atoms in total. The van der Waals surface area contributed by atoms with E-state index in [1.54, 1.807) is 6.07 Å². The monoisotopic (exact) mass is 433 g/mol. The van der Waals surface area contributed by atoms with Crippen LogP contribution in [0.1, 0.15) is 48.7 Å². The fourth-order valence-corrected chi connectivity index (χ4v) is 4.66. The average molecular weight is 434 g/mol. The number of likely N-dealkylation sites (tertiary alicyclic amines) is 1. The minimum Gasteiger partial charge on any atom is -0.364 e. The van der Waals surface area contributed by atoms with Gasteiger partial charge in [-0.15, -0.1) is 11.3 Å². The van der Waals surface area contributed by atoms with Gasteiger partial charge in [-0.1, -0.05) is 16.8 Å². The summed E-state index contributed by atoms with van der Waals surface area (Å²) in [6.07, 6.45) is 3.87. The van der Waals surface area contributed by atoms with Crippen molar-refractivity contribution >= 4 is 28.8 Å². The number of imidazole rings is 1. The molecule has 0 atom stereocenters. The molecule has 0 aromatic carbocycles. The molecule has 4 rings (SSSR count). The molecule has 0 radical (unpaired) electrons. The molecule has 29 heavy (non-hydrogen) atoms. The molecule has 1 saturated heterocycles. The van der Waals surface area contributed by atoms with Gasteiger partial charge in [0.25, 0.3) is 5.91 Å². The van der Waals surface area contributed by atoms with Crippen molar-refractivity contribution in [2.24, 2.45) is 0 Å². The van der Waals surface area contributed by atoms with Crippen molar-refractivity contribution in [1.82, 2.24) is 25.3 Å². The van der Waals surface area contributed by atoms with Crippen LogP contribution < -0.4 is 5.32 Å². The number of hydrogen-bond donors (Lipinski definition) is 2. The van der Waals surface area contributed by atoms with Gasteiger partial charge in [-0.3, -0.25) is 4.79 Å². The van der Waals surface area contributed by atoms with Crippen LogP contribution in [0.25, 0.3) is 10.6 Å². The largest absolute Gasteiger partial charge is 0.364 e. The Balaban J connectivity index is 1.53. The van der Waals surface area contributed by atoms with Crippen LogP contribution in [-0.4, -0.2) is 51.1 Å². The number of hydrogen-bond acceptors (Lipinski definition) is 6. The van der Waals surface area contributed by atoms with Crippen LogP contribution in [0.3, 0.4) is 0 Å². The topological polar surface area (TPSA) is 87.1 Å². The minimum absolute atomic E-state index is 0.157. The number of aromatic amines is 1. The zero-order chi connectivity index (χ0) is 20.4. The number of piperidine rings is 1. The van der Waals surface area contributed by atoms with E-state index >= 15 is 0 Å². The van der Waals surface area contributed by atoms with E-state index in [4.69, 9.17) is 16.1 Å². The normalized spacial score (nSPS) is 15.9. The quantitative estimate of drug-likeness (QED) is 0.614. The molecule has 1 fully saturated rings. The molecule has 4 heterocycles. The SMILES string of the molecule is CC(C)N1CCC(NC(=O)c2nc(Cc3ccon3)[nH]c2-c2ccc(Cl)s2)CC1. The summed E-state index contributed by atoms with van der Waals surface area (Å²) in [6.45, 7) is 6.40. The van der Waals surface area contributed by atoms with Crippen LogP contribution in [0.5, 0.6) is 0 Å². The fraction of sp³-hybridized carbons (Fsp3) is 0.450. The number of halogens is 1. The summed E-state index contributed by atoms with van der Waals surface area (Å²) in [7, 11) is 0. The number of carbonyl (C=O) groups excluding carboxylic acids is 1. The first-order valence-corrected chi connectivity index (χ1v) is 11.0. The summed E-state index contributed by atoms with van der Waals surface area (Å²) >= 11 is 7.53. The van der Waals surface area contributed by atoms with E-state index in [0.717, 1.165) is 36.5 Å². The molecule has 3 aromatic heterocycles. The van der Waals surface area contributed by atoms with Gasteiger partial charge < -0.3 is 19.7 Å². The van der Waals surface area contributed by atoms with Gasteiger partial charge in [0.1, 0.15) is 12.1 Å². The zero-order valence-electron chi connectivity index (χ0n) is 16.4. The van der Waals surface area contributed by atoms with Gasteiger partial charge in [-0.2, -0.15) is 0 Å². The molecule has 0 bridgehead atoms. The maximum absolute atomic E-state index is 13.1. The van der Waals surface area contributed by atoms with Crippen molar-refractivity contribution in [1.29, 1.82) is 0 Å². The van der Waals surface area contributed by atoms with Crippen LogP contribution in [0.15, 0.2) is 29.0 Å². The Morgan fingerprint density at radius 3 is 2.79 bits per heavy atom. The summed E-state index contributed by atoms with van der Waals surface area (Å²) in [5.41, 5.74) is 1.84. The highest BCUT2D eigenvalue weighted by molar-refractivity contribution is 7.19. The molecule has 1 aliphatic heterocycles. The van der Waals surface area contributed by atoms with Gasteiger partial charge in [0.05, 0.1) is 27.0 Å². The summed E-state index contributed by atoms with van der Waals surface area (Å²) in [6, 6.07) is 6.20. The molecule has 2 N–H and O–H groups in total. The number of nitrogens with zero attached hydrogens (tertiary/aromatic N) is 3. The molecule has 0 unspecified atom stereocenters. The number of aromatic nitrogens is 3.